The zero-order valence-corrected chi connectivity index (χ0v) is 10.9. The van der Waals surface area contributed by atoms with E-state index in [0.717, 1.165) is 12.8 Å². The van der Waals surface area contributed by atoms with Crippen LogP contribution in [0.5, 0.6) is 0 Å². The Morgan fingerprint density at radius 2 is 1.25 bits per heavy atom. The van der Waals surface area contributed by atoms with E-state index in [2.05, 4.69) is 37.7 Å². The molecule has 0 saturated carbocycles. The lowest BCUT2D eigenvalue weighted by molar-refractivity contribution is -0.127. The summed E-state index contributed by atoms with van der Waals surface area (Å²) in [7, 11) is 4.19. The highest BCUT2D eigenvalue weighted by Gasteiger charge is 2.40. The molecule has 2 saturated heterocycles. The van der Waals surface area contributed by atoms with Crippen molar-refractivity contribution in [2.75, 3.05) is 14.1 Å². The van der Waals surface area contributed by atoms with Crippen molar-refractivity contribution in [1.29, 1.82) is 0 Å². The largest absolute Gasteiger partial charge is 0.296 e. The number of ketones is 1. The Kier molecular flexibility index (Phi) is 3.36. The molecule has 4 atom stereocenters. The highest BCUT2D eigenvalue weighted by molar-refractivity contribution is 5.89. The Morgan fingerprint density at radius 3 is 1.50 bits per heavy atom. The number of likely N-dealkylation sites (tertiary alicyclic amines) is 2. The van der Waals surface area contributed by atoms with Gasteiger partial charge in [-0.3, -0.25) is 14.6 Å². The Morgan fingerprint density at radius 1 is 0.875 bits per heavy atom. The monoisotopic (exact) mass is 224 g/mol. The third kappa shape index (κ3) is 1.91. The van der Waals surface area contributed by atoms with Gasteiger partial charge in [0.2, 0.25) is 0 Å². The maximum absolute atomic E-state index is 12.5. The molecule has 0 aliphatic carbocycles. The molecule has 2 rings (SSSR count). The molecule has 16 heavy (non-hydrogen) atoms. The van der Waals surface area contributed by atoms with E-state index in [1.165, 1.54) is 12.8 Å². The smallest absolute Gasteiger partial charge is 0.166 e. The molecule has 0 N–H and O–H groups in total. The number of Topliss-reactive ketones (excluding diaryl/α,β-unsaturated/α-hetero) is 1. The van der Waals surface area contributed by atoms with Crippen LogP contribution in [0.3, 0.4) is 0 Å². The van der Waals surface area contributed by atoms with Gasteiger partial charge in [-0.15, -0.1) is 0 Å². The number of carbonyl (C=O) groups is 1. The third-order valence-electron chi connectivity index (χ3n) is 4.75. The van der Waals surface area contributed by atoms with E-state index in [9.17, 15) is 4.79 Å². The summed E-state index contributed by atoms with van der Waals surface area (Å²) in [6.07, 6.45) is 4.43. The van der Waals surface area contributed by atoms with Gasteiger partial charge in [0.1, 0.15) is 0 Å². The molecule has 2 aliphatic heterocycles. The molecular formula is C13H24N2O. The van der Waals surface area contributed by atoms with E-state index in [0.29, 0.717) is 17.9 Å². The first-order chi connectivity index (χ1) is 7.52. The lowest BCUT2D eigenvalue weighted by atomic mass is 10.0. The summed E-state index contributed by atoms with van der Waals surface area (Å²) in [4.78, 5) is 17.0. The summed E-state index contributed by atoms with van der Waals surface area (Å²) in [5.74, 6) is 0.457. The number of carbonyl (C=O) groups excluding carboxylic acids is 1. The fourth-order valence-corrected chi connectivity index (χ4v) is 3.14. The van der Waals surface area contributed by atoms with Gasteiger partial charge in [-0.25, -0.2) is 0 Å². The molecule has 0 spiro atoms. The van der Waals surface area contributed by atoms with Crippen LogP contribution < -0.4 is 0 Å². The fraction of sp³-hybridized carbons (Fsp3) is 0.923. The second-order valence-corrected chi connectivity index (χ2v) is 5.62. The number of likely N-dealkylation sites (N-methyl/N-ethyl adjacent to an activating group) is 2. The van der Waals surface area contributed by atoms with Crippen LogP contribution in [-0.2, 0) is 4.79 Å². The molecular weight excluding hydrogens is 200 g/mol. The summed E-state index contributed by atoms with van der Waals surface area (Å²) in [5.41, 5.74) is 0. The predicted octanol–water partition coefficient (Wildman–Crippen LogP) is 1.52. The van der Waals surface area contributed by atoms with Crippen LogP contribution in [0.2, 0.25) is 0 Å². The number of hydrogen-bond donors (Lipinski definition) is 0. The summed E-state index contributed by atoms with van der Waals surface area (Å²) in [6, 6.07) is 1.48. The Bertz CT molecular complexity index is 253. The summed E-state index contributed by atoms with van der Waals surface area (Å²) >= 11 is 0. The first-order valence-electron chi connectivity index (χ1n) is 6.50. The maximum atomic E-state index is 12.5. The second-order valence-electron chi connectivity index (χ2n) is 5.62. The molecule has 0 bridgehead atoms. The van der Waals surface area contributed by atoms with Crippen molar-refractivity contribution in [2.24, 2.45) is 0 Å². The second kappa shape index (κ2) is 4.46. The van der Waals surface area contributed by atoms with Crippen LogP contribution in [0, 0.1) is 0 Å². The van der Waals surface area contributed by atoms with Crippen LogP contribution in [-0.4, -0.2) is 53.8 Å². The molecule has 0 amide bonds. The van der Waals surface area contributed by atoms with Crippen LogP contribution in [0.1, 0.15) is 39.5 Å². The van der Waals surface area contributed by atoms with Gasteiger partial charge in [-0.2, -0.15) is 0 Å². The van der Waals surface area contributed by atoms with E-state index < -0.39 is 0 Å². The van der Waals surface area contributed by atoms with Crippen molar-refractivity contribution in [3.63, 3.8) is 0 Å². The van der Waals surface area contributed by atoms with Crippen molar-refractivity contribution < 1.29 is 4.79 Å². The minimum Gasteiger partial charge on any atom is -0.296 e. The molecule has 0 aromatic heterocycles. The highest BCUT2D eigenvalue weighted by Crippen LogP contribution is 2.29. The van der Waals surface area contributed by atoms with E-state index >= 15 is 0 Å². The minimum atomic E-state index is 0.174. The molecule has 3 heteroatoms. The van der Waals surface area contributed by atoms with Crippen molar-refractivity contribution in [1.82, 2.24) is 9.80 Å². The van der Waals surface area contributed by atoms with Crippen molar-refractivity contribution in [3.8, 4) is 0 Å². The SMILES string of the molecule is CC1CCC(C(=O)C2CCC(C)N2C)N1C. The molecule has 0 radical (unpaired) electrons. The Labute approximate surface area is 98.8 Å². The van der Waals surface area contributed by atoms with Gasteiger partial charge in [-0.05, 0) is 53.6 Å². The standard InChI is InChI=1S/C13H24N2O/c1-9-5-7-11(14(9)3)13(16)12-8-6-10(2)15(12)4/h9-12H,5-8H2,1-4H3. The molecule has 0 aromatic rings. The quantitative estimate of drug-likeness (QED) is 0.710. The minimum absolute atomic E-state index is 0.174. The normalized spacial score (nSPS) is 41.8. The molecule has 3 nitrogen and oxygen atoms in total. The highest BCUT2D eigenvalue weighted by atomic mass is 16.1. The van der Waals surface area contributed by atoms with E-state index in [4.69, 9.17) is 0 Å². The van der Waals surface area contributed by atoms with Gasteiger partial charge in [0.05, 0.1) is 12.1 Å². The average Bonchev–Trinajstić information content (AvgIpc) is 2.74. The summed E-state index contributed by atoms with van der Waals surface area (Å²) in [6.45, 7) is 4.43. The zero-order chi connectivity index (χ0) is 11.9. The maximum Gasteiger partial charge on any atom is 0.166 e. The molecule has 92 valence electrons. The van der Waals surface area contributed by atoms with Crippen LogP contribution >= 0.6 is 0 Å². The van der Waals surface area contributed by atoms with Crippen LogP contribution in [0.4, 0.5) is 0 Å². The summed E-state index contributed by atoms with van der Waals surface area (Å²) < 4.78 is 0. The van der Waals surface area contributed by atoms with Gasteiger partial charge in [0, 0.05) is 12.1 Å². The van der Waals surface area contributed by atoms with E-state index in [1.54, 1.807) is 0 Å². The zero-order valence-electron chi connectivity index (χ0n) is 10.9. The molecule has 2 fully saturated rings. The molecule has 0 aromatic carbocycles. The van der Waals surface area contributed by atoms with Crippen LogP contribution in [0.15, 0.2) is 0 Å². The van der Waals surface area contributed by atoms with Gasteiger partial charge in [0.15, 0.2) is 5.78 Å². The molecule has 2 aliphatic rings. The molecule has 2 heterocycles. The van der Waals surface area contributed by atoms with Gasteiger partial charge in [-0.1, -0.05) is 0 Å². The first kappa shape index (κ1) is 12.1. The van der Waals surface area contributed by atoms with Crippen LogP contribution in [0.25, 0.3) is 0 Å². The Hall–Kier alpha value is -0.410. The number of rotatable bonds is 2. The molecule has 4 unspecified atom stereocenters. The topological polar surface area (TPSA) is 23.6 Å². The number of hydrogen-bond acceptors (Lipinski definition) is 3. The Balaban J connectivity index is 2.03. The van der Waals surface area contributed by atoms with Crippen molar-refractivity contribution in [2.45, 2.75) is 63.7 Å². The van der Waals surface area contributed by atoms with E-state index in [1.807, 2.05) is 0 Å². The van der Waals surface area contributed by atoms with Gasteiger partial charge >= 0.3 is 0 Å². The third-order valence-corrected chi connectivity index (χ3v) is 4.75. The van der Waals surface area contributed by atoms with Crippen molar-refractivity contribution >= 4 is 5.78 Å². The van der Waals surface area contributed by atoms with Crippen molar-refractivity contribution in [3.05, 3.63) is 0 Å². The van der Waals surface area contributed by atoms with E-state index in [-0.39, 0.29) is 12.1 Å². The lowest BCUT2D eigenvalue weighted by Gasteiger charge is -2.28. The predicted molar refractivity (Wildman–Crippen MR) is 65.5 cm³/mol. The van der Waals surface area contributed by atoms with Gasteiger partial charge in [0.25, 0.3) is 0 Å². The lowest BCUT2D eigenvalue weighted by Crippen LogP contribution is -2.46. The van der Waals surface area contributed by atoms with Gasteiger partial charge < -0.3 is 0 Å². The average molecular weight is 224 g/mol. The first-order valence-corrected chi connectivity index (χ1v) is 6.50. The summed E-state index contributed by atoms with van der Waals surface area (Å²) in [5, 5.41) is 0. The fourth-order valence-electron chi connectivity index (χ4n) is 3.14. The number of nitrogens with zero attached hydrogens (tertiary/aromatic N) is 2.